The van der Waals surface area contributed by atoms with E-state index in [1.807, 2.05) is 4.90 Å². The van der Waals surface area contributed by atoms with Crippen LogP contribution in [-0.2, 0) is 0 Å². The van der Waals surface area contributed by atoms with Crippen molar-refractivity contribution in [2.75, 3.05) is 30.4 Å². The van der Waals surface area contributed by atoms with E-state index in [9.17, 15) is 10.1 Å². The summed E-state index contributed by atoms with van der Waals surface area (Å²) in [6.45, 7) is 3.85. The highest BCUT2D eigenvalue weighted by Gasteiger charge is 2.26. The standard InChI is InChI=1S/C13H21N5O2/c1-3-4-10-5-7-17(8-6-10)12-11(18(19)20)9-15-13(14-2)16-12/h9-10H,3-8H2,1-2H3,(H,14,15,16). The molecule has 0 amide bonds. The number of nitro groups is 1. The molecule has 1 aliphatic heterocycles. The highest BCUT2D eigenvalue weighted by molar-refractivity contribution is 5.59. The van der Waals surface area contributed by atoms with Crippen LogP contribution in [0.15, 0.2) is 6.20 Å². The molecule has 1 aromatic heterocycles. The van der Waals surface area contributed by atoms with Gasteiger partial charge in [0.2, 0.25) is 11.8 Å². The lowest BCUT2D eigenvalue weighted by molar-refractivity contribution is -0.384. The minimum absolute atomic E-state index is 0.0158. The molecule has 0 spiro atoms. The van der Waals surface area contributed by atoms with Crippen molar-refractivity contribution in [1.29, 1.82) is 0 Å². The smallest absolute Gasteiger partial charge is 0.329 e. The van der Waals surface area contributed by atoms with Gasteiger partial charge in [0.15, 0.2) is 0 Å². The summed E-state index contributed by atoms with van der Waals surface area (Å²) in [5, 5.41) is 13.9. The molecule has 110 valence electrons. The summed E-state index contributed by atoms with van der Waals surface area (Å²) >= 11 is 0. The lowest BCUT2D eigenvalue weighted by Crippen LogP contribution is -2.34. The summed E-state index contributed by atoms with van der Waals surface area (Å²) in [6.07, 6.45) is 5.86. The van der Waals surface area contributed by atoms with Gasteiger partial charge in [0.05, 0.1) is 4.92 Å². The summed E-state index contributed by atoms with van der Waals surface area (Å²) in [6, 6.07) is 0. The maximum absolute atomic E-state index is 11.1. The minimum Gasteiger partial charge on any atom is -0.357 e. The van der Waals surface area contributed by atoms with Gasteiger partial charge < -0.3 is 10.2 Å². The predicted molar refractivity (Wildman–Crippen MR) is 78.1 cm³/mol. The Labute approximate surface area is 118 Å². The van der Waals surface area contributed by atoms with Crippen molar-refractivity contribution in [2.24, 2.45) is 5.92 Å². The SMILES string of the molecule is CCCC1CCN(c2nc(NC)ncc2[N+](=O)[O-])CC1. The van der Waals surface area contributed by atoms with Crippen molar-refractivity contribution in [1.82, 2.24) is 9.97 Å². The van der Waals surface area contributed by atoms with E-state index in [2.05, 4.69) is 22.2 Å². The van der Waals surface area contributed by atoms with Gasteiger partial charge in [-0.05, 0) is 18.8 Å². The molecule has 1 N–H and O–H groups in total. The lowest BCUT2D eigenvalue weighted by Gasteiger charge is -2.32. The van der Waals surface area contributed by atoms with Crippen LogP contribution >= 0.6 is 0 Å². The molecule has 0 saturated carbocycles. The summed E-state index contributed by atoms with van der Waals surface area (Å²) in [5.74, 6) is 1.59. The molecule has 0 atom stereocenters. The number of aromatic nitrogens is 2. The van der Waals surface area contributed by atoms with Gasteiger partial charge in [-0.25, -0.2) is 4.98 Å². The van der Waals surface area contributed by atoms with Crippen LogP contribution < -0.4 is 10.2 Å². The van der Waals surface area contributed by atoms with E-state index in [-0.39, 0.29) is 5.69 Å². The van der Waals surface area contributed by atoms with Crippen molar-refractivity contribution in [3.63, 3.8) is 0 Å². The van der Waals surface area contributed by atoms with E-state index in [0.29, 0.717) is 11.8 Å². The van der Waals surface area contributed by atoms with Gasteiger partial charge >= 0.3 is 5.69 Å². The molecule has 0 unspecified atom stereocenters. The minimum atomic E-state index is -0.410. The molecule has 1 aromatic rings. The molecular formula is C13H21N5O2. The van der Waals surface area contributed by atoms with E-state index in [1.54, 1.807) is 7.05 Å². The third kappa shape index (κ3) is 3.15. The first-order chi connectivity index (χ1) is 9.65. The van der Waals surface area contributed by atoms with Gasteiger partial charge in [0.25, 0.3) is 0 Å². The fraction of sp³-hybridized carbons (Fsp3) is 0.692. The Hall–Kier alpha value is -1.92. The van der Waals surface area contributed by atoms with Gasteiger partial charge in [-0.15, -0.1) is 0 Å². The van der Waals surface area contributed by atoms with Crippen molar-refractivity contribution < 1.29 is 4.92 Å². The number of rotatable bonds is 5. The maximum Gasteiger partial charge on any atom is 0.329 e. The Morgan fingerprint density at radius 3 is 2.75 bits per heavy atom. The first-order valence-corrected chi connectivity index (χ1v) is 7.09. The zero-order valence-electron chi connectivity index (χ0n) is 12.0. The number of hydrogen-bond donors (Lipinski definition) is 1. The van der Waals surface area contributed by atoms with Crippen molar-refractivity contribution in [2.45, 2.75) is 32.6 Å². The molecule has 1 saturated heterocycles. The molecule has 2 heterocycles. The maximum atomic E-state index is 11.1. The van der Waals surface area contributed by atoms with Crippen LogP contribution in [0.25, 0.3) is 0 Å². The van der Waals surface area contributed by atoms with Crippen molar-refractivity contribution >= 4 is 17.5 Å². The zero-order chi connectivity index (χ0) is 14.5. The number of anilines is 2. The normalized spacial score (nSPS) is 16.2. The van der Waals surface area contributed by atoms with E-state index >= 15 is 0 Å². The quantitative estimate of drug-likeness (QED) is 0.658. The summed E-state index contributed by atoms with van der Waals surface area (Å²) in [7, 11) is 1.71. The second-order valence-corrected chi connectivity index (χ2v) is 5.13. The summed E-state index contributed by atoms with van der Waals surface area (Å²) < 4.78 is 0. The van der Waals surface area contributed by atoms with Gasteiger partial charge in [0, 0.05) is 20.1 Å². The molecule has 1 fully saturated rings. The Morgan fingerprint density at radius 1 is 1.50 bits per heavy atom. The fourth-order valence-corrected chi connectivity index (χ4v) is 2.69. The number of nitrogens with zero attached hydrogens (tertiary/aromatic N) is 4. The van der Waals surface area contributed by atoms with Crippen molar-refractivity contribution in [3.05, 3.63) is 16.3 Å². The second kappa shape index (κ2) is 6.49. The molecular weight excluding hydrogens is 258 g/mol. The summed E-state index contributed by atoms with van der Waals surface area (Å²) in [4.78, 5) is 20.9. The fourth-order valence-electron chi connectivity index (χ4n) is 2.69. The van der Waals surface area contributed by atoms with E-state index in [1.165, 1.54) is 19.0 Å². The largest absolute Gasteiger partial charge is 0.357 e. The van der Waals surface area contributed by atoms with Crippen LogP contribution in [0.3, 0.4) is 0 Å². The molecule has 0 aliphatic carbocycles. The highest BCUT2D eigenvalue weighted by Crippen LogP contribution is 2.30. The monoisotopic (exact) mass is 279 g/mol. The first-order valence-electron chi connectivity index (χ1n) is 7.09. The molecule has 0 bridgehead atoms. The number of hydrogen-bond acceptors (Lipinski definition) is 6. The van der Waals surface area contributed by atoms with Gasteiger partial charge in [-0.3, -0.25) is 10.1 Å². The van der Waals surface area contributed by atoms with Crippen molar-refractivity contribution in [3.8, 4) is 0 Å². The van der Waals surface area contributed by atoms with E-state index < -0.39 is 4.92 Å². The van der Waals surface area contributed by atoms with Crippen LogP contribution in [0, 0.1) is 16.0 Å². The summed E-state index contributed by atoms with van der Waals surface area (Å²) in [5.41, 5.74) is -0.0158. The molecule has 20 heavy (non-hydrogen) atoms. The Kier molecular flexibility index (Phi) is 4.70. The molecule has 7 nitrogen and oxygen atoms in total. The third-order valence-corrected chi connectivity index (χ3v) is 3.78. The molecule has 7 heteroatoms. The first kappa shape index (κ1) is 14.5. The van der Waals surface area contributed by atoms with E-state index in [0.717, 1.165) is 31.8 Å². The van der Waals surface area contributed by atoms with Gasteiger partial charge in [0.1, 0.15) is 6.20 Å². The predicted octanol–water partition coefficient (Wildman–Crippen LogP) is 2.44. The van der Waals surface area contributed by atoms with Crippen LogP contribution in [0.2, 0.25) is 0 Å². The lowest BCUT2D eigenvalue weighted by atomic mass is 9.92. The van der Waals surface area contributed by atoms with E-state index in [4.69, 9.17) is 0 Å². The molecule has 0 radical (unpaired) electrons. The number of piperidine rings is 1. The van der Waals surface area contributed by atoms with Crippen LogP contribution in [0.1, 0.15) is 32.6 Å². The van der Waals surface area contributed by atoms with Crippen LogP contribution in [-0.4, -0.2) is 35.0 Å². The molecule has 0 aromatic carbocycles. The van der Waals surface area contributed by atoms with Gasteiger partial charge in [-0.1, -0.05) is 19.8 Å². The second-order valence-electron chi connectivity index (χ2n) is 5.13. The zero-order valence-corrected chi connectivity index (χ0v) is 12.0. The average Bonchev–Trinajstić information content (AvgIpc) is 2.47. The average molecular weight is 279 g/mol. The highest BCUT2D eigenvalue weighted by atomic mass is 16.6. The Balaban J connectivity index is 2.17. The topological polar surface area (TPSA) is 84.2 Å². The molecule has 1 aliphatic rings. The third-order valence-electron chi connectivity index (χ3n) is 3.78. The molecule has 2 rings (SSSR count). The number of nitrogens with one attached hydrogen (secondary N) is 1. The van der Waals surface area contributed by atoms with Gasteiger partial charge in [-0.2, -0.15) is 4.98 Å². The van der Waals surface area contributed by atoms with Crippen LogP contribution in [0.5, 0.6) is 0 Å². The van der Waals surface area contributed by atoms with Crippen LogP contribution in [0.4, 0.5) is 17.5 Å². The Bertz CT molecular complexity index is 472. The Morgan fingerprint density at radius 2 is 2.20 bits per heavy atom.